The Balaban J connectivity index is 1.79. The maximum Gasteiger partial charge on any atom is 0.251 e. The lowest BCUT2D eigenvalue weighted by Crippen LogP contribution is -2.25. The highest BCUT2D eigenvalue weighted by Crippen LogP contribution is 2.15. The second kappa shape index (κ2) is 6.15. The van der Waals surface area contributed by atoms with E-state index >= 15 is 0 Å². The van der Waals surface area contributed by atoms with Crippen molar-refractivity contribution in [1.82, 2.24) is 5.32 Å². The zero-order valence-corrected chi connectivity index (χ0v) is 10.2. The number of aliphatic hydroxyl groups excluding tert-OH is 1. The summed E-state index contributed by atoms with van der Waals surface area (Å²) in [6, 6.07) is 8.64. The van der Waals surface area contributed by atoms with Crippen LogP contribution in [-0.2, 0) is 0 Å². The van der Waals surface area contributed by atoms with Crippen molar-refractivity contribution in [2.75, 3.05) is 6.54 Å². The number of hydrogen-bond donors (Lipinski definition) is 2. The van der Waals surface area contributed by atoms with Crippen LogP contribution in [-0.4, -0.2) is 17.6 Å². The van der Waals surface area contributed by atoms with Crippen molar-refractivity contribution in [1.29, 1.82) is 0 Å². The molecule has 19 heavy (non-hydrogen) atoms. The lowest BCUT2D eigenvalue weighted by molar-refractivity contribution is 0.0936. The summed E-state index contributed by atoms with van der Waals surface area (Å²) in [5, 5.41) is 12.4. The van der Waals surface area contributed by atoms with E-state index in [0.717, 1.165) is 0 Å². The Labute approximate surface area is 109 Å². The summed E-state index contributed by atoms with van der Waals surface area (Å²) in [6.45, 7) is 0.304. The van der Waals surface area contributed by atoms with Crippen molar-refractivity contribution in [3.8, 4) is 0 Å². The molecule has 1 atom stereocenters. The lowest BCUT2D eigenvalue weighted by Gasteiger charge is -2.09. The molecular weight excluding hydrogens is 249 g/mol. The lowest BCUT2D eigenvalue weighted by atomic mass is 10.2. The van der Waals surface area contributed by atoms with Crippen molar-refractivity contribution >= 4 is 5.91 Å². The average molecular weight is 263 g/mol. The predicted octanol–water partition coefficient (Wildman–Crippen LogP) is 2.27. The summed E-state index contributed by atoms with van der Waals surface area (Å²) < 4.78 is 17.7. The van der Waals surface area contributed by atoms with Gasteiger partial charge in [-0.05, 0) is 42.8 Å². The zero-order valence-electron chi connectivity index (χ0n) is 10.2. The molecule has 2 aromatic rings. The topological polar surface area (TPSA) is 62.5 Å². The van der Waals surface area contributed by atoms with Gasteiger partial charge in [0.15, 0.2) is 0 Å². The number of carbonyl (C=O) groups excluding carboxylic acids is 1. The minimum absolute atomic E-state index is 0.299. The molecule has 0 aliphatic rings. The van der Waals surface area contributed by atoms with E-state index in [4.69, 9.17) is 4.42 Å². The molecule has 100 valence electrons. The summed E-state index contributed by atoms with van der Waals surface area (Å²) in [6.07, 6.45) is 1.08. The van der Waals surface area contributed by atoms with Gasteiger partial charge in [0, 0.05) is 12.1 Å². The Hall–Kier alpha value is -2.14. The van der Waals surface area contributed by atoms with Gasteiger partial charge in [-0.1, -0.05) is 0 Å². The van der Waals surface area contributed by atoms with Gasteiger partial charge in [-0.15, -0.1) is 0 Å². The predicted molar refractivity (Wildman–Crippen MR) is 67.0 cm³/mol. The molecule has 0 aliphatic heterocycles. The van der Waals surface area contributed by atoms with Gasteiger partial charge in [0.05, 0.1) is 6.26 Å². The monoisotopic (exact) mass is 263 g/mol. The molecule has 0 aliphatic carbocycles. The van der Waals surface area contributed by atoms with Crippen molar-refractivity contribution < 1.29 is 18.7 Å². The van der Waals surface area contributed by atoms with Crippen molar-refractivity contribution in [3.05, 3.63) is 59.8 Å². The largest absolute Gasteiger partial charge is 0.467 e. The number of hydrogen-bond acceptors (Lipinski definition) is 3. The van der Waals surface area contributed by atoms with Crippen LogP contribution in [0.4, 0.5) is 4.39 Å². The van der Waals surface area contributed by atoms with Gasteiger partial charge in [-0.2, -0.15) is 0 Å². The van der Waals surface area contributed by atoms with Gasteiger partial charge in [0.2, 0.25) is 0 Å². The Morgan fingerprint density at radius 2 is 2.05 bits per heavy atom. The quantitative estimate of drug-likeness (QED) is 0.869. The first-order valence-electron chi connectivity index (χ1n) is 5.92. The molecule has 0 fully saturated rings. The minimum atomic E-state index is -0.747. The number of benzene rings is 1. The van der Waals surface area contributed by atoms with Gasteiger partial charge in [0.25, 0.3) is 5.91 Å². The van der Waals surface area contributed by atoms with E-state index in [1.54, 1.807) is 12.1 Å². The summed E-state index contributed by atoms with van der Waals surface area (Å²) >= 11 is 0. The minimum Gasteiger partial charge on any atom is -0.467 e. The summed E-state index contributed by atoms with van der Waals surface area (Å²) in [5.74, 6) is -0.215. The number of rotatable bonds is 5. The molecular formula is C14H14FNO3. The van der Waals surface area contributed by atoms with Crippen molar-refractivity contribution in [3.63, 3.8) is 0 Å². The molecule has 2 rings (SSSR count). The summed E-state index contributed by atoms with van der Waals surface area (Å²) in [4.78, 5) is 11.7. The molecule has 2 N–H and O–H groups in total. The van der Waals surface area contributed by atoms with Crippen LogP contribution in [0.25, 0.3) is 0 Å². The van der Waals surface area contributed by atoms with Gasteiger partial charge < -0.3 is 14.8 Å². The smallest absolute Gasteiger partial charge is 0.251 e. The molecule has 1 unspecified atom stereocenters. The van der Waals surface area contributed by atoms with Crippen molar-refractivity contribution in [2.45, 2.75) is 12.5 Å². The summed E-state index contributed by atoms with van der Waals surface area (Å²) in [5.41, 5.74) is 0.383. The van der Waals surface area contributed by atoms with Gasteiger partial charge in [-0.3, -0.25) is 4.79 Å². The molecule has 1 heterocycles. The molecule has 0 radical (unpaired) electrons. The first kappa shape index (κ1) is 13.3. The van der Waals surface area contributed by atoms with Gasteiger partial charge in [-0.25, -0.2) is 4.39 Å². The molecule has 0 saturated heterocycles. The highest BCUT2D eigenvalue weighted by atomic mass is 19.1. The third-order valence-corrected chi connectivity index (χ3v) is 2.68. The fourth-order valence-corrected chi connectivity index (χ4v) is 1.65. The molecule has 5 heteroatoms. The van der Waals surface area contributed by atoms with Crippen LogP contribution >= 0.6 is 0 Å². The van der Waals surface area contributed by atoms with E-state index in [9.17, 15) is 14.3 Å². The van der Waals surface area contributed by atoms with Gasteiger partial charge in [0.1, 0.15) is 17.7 Å². The number of carbonyl (C=O) groups is 1. The van der Waals surface area contributed by atoms with E-state index in [1.165, 1.54) is 30.5 Å². The Bertz CT molecular complexity index is 522. The molecule has 1 aromatic heterocycles. The first-order valence-corrected chi connectivity index (χ1v) is 5.92. The van der Waals surface area contributed by atoms with Crippen LogP contribution < -0.4 is 5.32 Å². The Morgan fingerprint density at radius 3 is 2.68 bits per heavy atom. The average Bonchev–Trinajstić information content (AvgIpc) is 2.93. The summed E-state index contributed by atoms with van der Waals surface area (Å²) in [7, 11) is 0. The van der Waals surface area contributed by atoms with Crippen LogP contribution in [0.3, 0.4) is 0 Å². The first-order chi connectivity index (χ1) is 9.16. The van der Waals surface area contributed by atoms with Crippen LogP contribution in [0.15, 0.2) is 47.1 Å². The van der Waals surface area contributed by atoms with E-state index in [1.807, 2.05) is 0 Å². The van der Waals surface area contributed by atoms with E-state index in [2.05, 4.69) is 5.32 Å². The maximum atomic E-state index is 12.7. The van der Waals surface area contributed by atoms with Crippen LogP contribution in [0.5, 0.6) is 0 Å². The number of nitrogens with one attached hydrogen (secondary N) is 1. The van der Waals surface area contributed by atoms with E-state index < -0.39 is 6.10 Å². The SMILES string of the molecule is O=C(NCCC(O)c1ccco1)c1ccc(F)cc1. The second-order valence-corrected chi connectivity index (χ2v) is 4.08. The molecule has 1 amide bonds. The number of halogens is 1. The van der Waals surface area contributed by atoms with Crippen LogP contribution in [0.1, 0.15) is 28.6 Å². The highest BCUT2D eigenvalue weighted by Gasteiger charge is 2.11. The molecule has 0 saturated carbocycles. The number of furan rings is 1. The Kier molecular flexibility index (Phi) is 4.30. The molecule has 0 bridgehead atoms. The highest BCUT2D eigenvalue weighted by molar-refractivity contribution is 5.94. The van der Waals surface area contributed by atoms with Crippen molar-refractivity contribution in [2.24, 2.45) is 0 Å². The van der Waals surface area contributed by atoms with E-state index in [0.29, 0.717) is 24.3 Å². The third-order valence-electron chi connectivity index (χ3n) is 2.68. The van der Waals surface area contributed by atoms with E-state index in [-0.39, 0.29) is 11.7 Å². The number of aliphatic hydroxyl groups is 1. The fraction of sp³-hybridized carbons (Fsp3) is 0.214. The number of amides is 1. The van der Waals surface area contributed by atoms with Crippen LogP contribution in [0.2, 0.25) is 0 Å². The second-order valence-electron chi connectivity index (χ2n) is 4.08. The molecule has 4 nitrogen and oxygen atoms in total. The third kappa shape index (κ3) is 3.66. The normalized spacial score (nSPS) is 12.1. The maximum absolute atomic E-state index is 12.7. The Morgan fingerprint density at radius 1 is 1.32 bits per heavy atom. The van der Waals surface area contributed by atoms with Crippen LogP contribution in [0, 0.1) is 5.82 Å². The zero-order chi connectivity index (χ0) is 13.7. The van der Waals surface area contributed by atoms with Gasteiger partial charge >= 0.3 is 0 Å². The standard InChI is InChI=1S/C14H14FNO3/c15-11-5-3-10(4-6-11)14(18)16-8-7-12(17)13-2-1-9-19-13/h1-6,9,12,17H,7-8H2,(H,16,18). The molecule has 1 aromatic carbocycles. The fourth-order valence-electron chi connectivity index (χ4n) is 1.65. The molecule has 0 spiro atoms.